The highest BCUT2D eigenvalue weighted by molar-refractivity contribution is 5.80. The summed E-state index contributed by atoms with van der Waals surface area (Å²) in [7, 11) is 1.94. The smallest absolute Gasteiger partial charge is 0.357 e. The Hall–Kier alpha value is -2.90. The minimum atomic E-state index is -4.39. The van der Waals surface area contributed by atoms with Gasteiger partial charge < -0.3 is 9.47 Å². The lowest BCUT2D eigenvalue weighted by atomic mass is 9.94. The first-order valence-electron chi connectivity index (χ1n) is 11.9. The Bertz CT molecular complexity index is 1310. The number of fused-ring (bicyclic) bond motifs is 1. The Kier molecular flexibility index (Phi) is 5.45. The van der Waals surface area contributed by atoms with Crippen LogP contribution in [0.25, 0.3) is 10.9 Å². The SMILES string of the molecule is Cc1c([C@@H](C)N=c2nc(C)n(C)c3cnc(N4CCC5(CC4)CC5)cc23)cccc1C(F)(F)F. The second-order valence-electron chi connectivity index (χ2n) is 9.91. The number of anilines is 1. The van der Waals surface area contributed by atoms with Crippen LogP contribution >= 0.6 is 0 Å². The molecule has 2 aromatic heterocycles. The van der Waals surface area contributed by atoms with Crippen LogP contribution < -0.4 is 10.4 Å². The molecule has 1 aliphatic heterocycles. The van der Waals surface area contributed by atoms with Gasteiger partial charge in [-0.1, -0.05) is 12.1 Å². The summed E-state index contributed by atoms with van der Waals surface area (Å²) in [4.78, 5) is 16.6. The van der Waals surface area contributed by atoms with Gasteiger partial charge in [-0.05, 0) is 75.1 Å². The van der Waals surface area contributed by atoms with Crippen LogP contribution in [-0.2, 0) is 13.2 Å². The van der Waals surface area contributed by atoms with Crippen molar-refractivity contribution >= 4 is 16.7 Å². The van der Waals surface area contributed by atoms with Crippen LogP contribution in [0.1, 0.15) is 61.2 Å². The van der Waals surface area contributed by atoms with Crippen LogP contribution in [0.2, 0.25) is 0 Å². The van der Waals surface area contributed by atoms with Crippen molar-refractivity contribution < 1.29 is 13.2 Å². The van der Waals surface area contributed by atoms with Gasteiger partial charge in [-0.2, -0.15) is 13.2 Å². The zero-order chi connectivity index (χ0) is 24.3. The average Bonchev–Trinajstić information content (AvgIpc) is 3.55. The molecule has 5 nitrogen and oxygen atoms in total. The topological polar surface area (TPSA) is 46.3 Å². The summed E-state index contributed by atoms with van der Waals surface area (Å²) in [6.07, 6.45) is 2.57. The monoisotopic (exact) mass is 469 g/mol. The Balaban J connectivity index is 1.58. The number of piperidine rings is 1. The molecule has 2 fully saturated rings. The zero-order valence-electron chi connectivity index (χ0n) is 20.1. The van der Waals surface area contributed by atoms with Gasteiger partial charge in [-0.15, -0.1) is 0 Å². The van der Waals surface area contributed by atoms with Gasteiger partial charge in [0.15, 0.2) is 5.49 Å². The number of hydrogen-bond acceptors (Lipinski definition) is 4. The maximum absolute atomic E-state index is 13.4. The zero-order valence-corrected chi connectivity index (χ0v) is 20.1. The number of pyridine rings is 1. The number of halogens is 3. The molecular formula is C26H30F3N5. The molecule has 1 aromatic carbocycles. The van der Waals surface area contributed by atoms with Crippen LogP contribution in [0.5, 0.6) is 0 Å². The van der Waals surface area contributed by atoms with E-state index in [2.05, 4.69) is 4.90 Å². The fourth-order valence-electron chi connectivity index (χ4n) is 5.17. The molecule has 3 aromatic rings. The highest BCUT2D eigenvalue weighted by Crippen LogP contribution is 2.53. The number of alkyl halides is 3. The van der Waals surface area contributed by atoms with Crippen LogP contribution in [0.3, 0.4) is 0 Å². The molecule has 0 unspecified atom stereocenters. The van der Waals surface area contributed by atoms with Gasteiger partial charge in [0.2, 0.25) is 0 Å². The third kappa shape index (κ3) is 4.07. The average molecular weight is 470 g/mol. The molecule has 3 heterocycles. The number of aromatic nitrogens is 3. The minimum absolute atomic E-state index is 0.207. The number of hydrogen-bond donors (Lipinski definition) is 0. The van der Waals surface area contributed by atoms with E-state index >= 15 is 0 Å². The maximum Gasteiger partial charge on any atom is 0.416 e. The number of nitrogens with zero attached hydrogens (tertiary/aromatic N) is 5. The van der Waals surface area contributed by atoms with Gasteiger partial charge >= 0.3 is 6.18 Å². The number of aryl methyl sites for hydroxylation is 2. The standard InChI is InChI=1S/C26H30F3N5/c1-16-19(6-5-7-21(16)26(27,28)29)17(2)31-24-20-14-23(30-15-22(20)33(4)18(3)32-24)34-12-10-25(8-9-25)11-13-34/h5-7,14-15,17H,8-13H2,1-4H3/t17-/m1/s1. The predicted molar refractivity (Wildman–Crippen MR) is 127 cm³/mol. The Labute approximate surface area is 197 Å². The minimum Gasteiger partial charge on any atom is -0.357 e. The van der Waals surface area contributed by atoms with Gasteiger partial charge in [0, 0.05) is 25.5 Å². The summed E-state index contributed by atoms with van der Waals surface area (Å²) < 4.78 is 42.3. The van der Waals surface area contributed by atoms with Crippen molar-refractivity contribution in [2.45, 2.75) is 58.7 Å². The molecule has 5 rings (SSSR count). The molecule has 0 bridgehead atoms. The van der Waals surface area contributed by atoms with E-state index in [-0.39, 0.29) is 5.56 Å². The summed E-state index contributed by atoms with van der Waals surface area (Å²) in [5.41, 5.74) is 2.16. The quantitative estimate of drug-likeness (QED) is 0.498. The second-order valence-corrected chi connectivity index (χ2v) is 9.91. The summed E-state index contributed by atoms with van der Waals surface area (Å²) >= 11 is 0. The van der Waals surface area contributed by atoms with Crippen LogP contribution in [-0.4, -0.2) is 27.6 Å². The molecule has 180 valence electrons. The van der Waals surface area contributed by atoms with E-state index in [4.69, 9.17) is 15.0 Å². The van der Waals surface area contributed by atoms with E-state index in [0.29, 0.717) is 16.5 Å². The summed E-state index contributed by atoms with van der Waals surface area (Å²) in [5.74, 6) is 1.68. The molecule has 0 N–H and O–H groups in total. The van der Waals surface area contributed by atoms with Gasteiger partial charge in [0.25, 0.3) is 0 Å². The molecule has 1 atom stereocenters. The largest absolute Gasteiger partial charge is 0.416 e. The van der Waals surface area contributed by atoms with Crippen molar-refractivity contribution in [3.05, 3.63) is 58.5 Å². The molecule has 0 amide bonds. The molecule has 34 heavy (non-hydrogen) atoms. The van der Waals surface area contributed by atoms with Crippen molar-refractivity contribution in [2.24, 2.45) is 17.5 Å². The fraction of sp³-hybridized carbons (Fsp3) is 0.500. The van der Waals surface area contributed by atoms with Crippen LogP contribution in [0.15, 0.2) is 35.5 Å². The highest BCUT2D eigenvalue weighted by atomic mass is 19.4. The van der Waals surface area contributed by atoms with E-state index in [1.54, 1.807) is 6.07 Å². The van der Waals surface area contributed by atoms with Crippen molar-refractivity contribution in [3.8, 4) is 0 Å². The first kappa shape index (κ1) is 22.9. The van der Waals surface area contributed by atoms with Gasteiger partial charge in [0.05, 0.1) is 23.3 Å². The van der Waals surface area contributed by atoms with Crippen LogP contribution in [0, 0.1) is 19.3 Å². The molecule has 8 heteroatoms. The summed E-state index contributed by atoms with van der Waals surface area (Å²) in [5, 5.41) is 0.862. The molecular weight excluding hydrogens is 439 g/mol. The van der Waals surface area contributed by atoms with Gasteiger partial charge in [0.1, 0.15) is 11.6 Å². The summed E-state index contributed by atoms with van der Waals surface area (Å²) in [6, 6.07) is 5.84. The second kappa shape index (κ2) is 8.10. The third-order valence-electron chi connectivity index (χ3n) is 7.78. The molecule has 1 saturated heterocycles. The van der Waals surface area contributed by atoms with E-state index in [1.165, 1.54) is 38.7 Å². The number of rotatable bonds is 3. The lowest BCUT2D eigenvalue weighted by Crippen LogP contribution is -2.35. The lowest BCUT2D eigenvalue weighted by Gasteiger charge is -2.33. The van der Waals surface area contributed by atoms with Crippen molar-refractivity contribution in [3.63, 3.8) is 0 Å². The normalized spacial score (nSPS) is 19.1. The Morgan fingerprint density at radius 3 is 2.44 bits per heavy atom. The van der Waals surface area contributed by atoms with Crippen molar-refractivity contribution in [1.29, 1.82) is 0 Å². The van der Waals surface area contributed by atoms with E-state index in [1.807, 2.05) is 37.7 Å². The van der Waals surface area contributed by atoms with E-state index in [0.717, 1.165) is 41.7 Å². The van der Waals surface area contributed by atoms with Gasteiger partial charge in [-0.25, -0.2) is 9.97 Å². The molecule has 1 spiro atoms. The Morgan fingerprint density at radius 1 is 1.09 bits per heavy atom. The van der Waals surface area contributed by atoms with Crippen molar-refractivity contribution in [2.75, 3.05) is 18.0 Å². The molecule has 1 saturated carbocycles. The molecule has 2 aliphatic rings. The van der Waals surface area contributed by atoms with Gasteiger partial charge in [-0.3, -0.25) is 4.99 Å². The fourth-order valence-corrected chi connectivity index (χ4v) is 5.17. The highest BCUT2D eigenvalue weighted by Gasteiger charge is 2.44. The number of benzene rings is 1. The van der Waals surface area contributed by atoms with E-state index in [9.17, 15) is 13.2 Å². The van der Waals surface area contributed by atoms with Crippen LogP contribution in [0.4, 0.5) is 19.0 Å². The summed E-state index contributed by atoms with van der Waals surface area (Å²) in [6.45, 7) is 7.22. The maximum atomic E-state index is 13.4. The molecule has 0 radical (unpaired) electrons. The van der Waals surface area contributed by atoms with Crippen molar-refractivity contribution in [1.82, 2.24) is 14.5 Å². The first-order valence-corrected chi connectivity index (χ1v) is 11.9. The van der Waals surface area contributed by atoms with E-state index < -0.39 is 17.8 Å². The third-order valence-corrected chi connectivity index (χ3v) is 7.78. The first-order chi connectivity index (χ1) is 16.1. The Morgan fingerprint density at radius 2 is 1.79 bits per heavy atom. The lowest BCUT2D eigenvalue weighted by molar-refractivity contribution is -0.138. The predicted octanol–water partition coefficient (Wildman–Crippen LogP) is 5.65. The molecule has 1 aliphatic carbocycles.